The normalized spacial score (nSPS) is 13.0. The van der Waals surface area contributed by atoms with Crippen molar-refractivity contribution in [3.05, 3.63) is 95.6 Å². The lowest BCUT2D eigenvalue weighted by molar-refractivity contribution is 0.687. The van der Waals surface area contributed by atoms with Crippen LogP contribution in [0.1, 0.15) is 16.7 Å². The number of para-hydroxylation sites is 1. The average Bonchev–Trinajstić information content (AvgIpc) is 3.11. The minimum Gasteiger partial charge on any atom is -0.341 e. The molecular weight excluding hydrogens is 304 g/mol. The third-order valence-electron chi connectivity index (χ3n) is 4.87. The number of hydrogen-bond donors (Lipinski definition) is 1. The first-order chi connectivity index (χ1) is 12.4. The molecule has 0 saturated carbocycles. The van der Waals surface area contributed by atoms with E-state index in [1.165, 1.54) is 28.1 Å². The second-order valence-electron chi connectivity index (χ2n) is 6.61. The maximum absolute atomic E-state index is 3.57. The van der Waals surface area contributed by atoms with E-state index < -0.39 is 0 Å². The number of benzene rings is 3. The Bertz CT molecular complexity index is 826. The molecule has 25 heavy (non-hydrogen) atoms. The lowest BCUT2D eigenvalue weighted by atomic mass is 10.1. The van der Waals surface area contributed by atoms with Crippen molar-refractivity contribution in [2.24, 2.45) is 0 Å². The number of rotatable bonds is 6. The standard InChI is InChI=1S/C23H24N2/c1-2-7-19(8-3-1)13-15-24-18-20-9-6-11-22(17-20)25-16-14-21-10-4-5-12-23(21)25/h1-12,17,24H,13-16,18H2. The molecule has 4 rings (SSSR count). The van der Waals surface area contributed by atoms with Crippen LogP contribution in [-0.2, 0) is 19.4 Å². The zero-order valence-electron chi connectivity index (χ0n) is 14.5. The van der Waals surface area contributed by atoms with E-state index in [-0.39, 0.29) is 0 Å². The van der Waals surface area contributed by atoms with Crippen molar-refractivity contribution in [1.29, 1.82) is 0 Å². The predicted octanol–water partition coefficient (Wildman–Crippen LogP) is 4.71. The van der Waals surface area contributed by atoms with E-state index in [4.69, 9.17) is 0 Å². The zero-order chi connectivity index (χ0) is 16.9. The first kappa shape index (κ1) is 15.9. The molecule has 0 atom stereocenters. The zero-order valence-corrected chi connectivity index (χ0v) is 14.5. The van der Waals surface area contributed by atoms with Gasteiger partial charge < -0.3 is 10.2 Å². The van der Waals surface area contributed by atoms with Crippen molar-refractivity contribution >= 4 is 11.4 Å². The van der Waals surface area contributed by atoms with Gasteiger partial charge in [-0.2, -0.15) is 0 Å². The second kappa shape index (κ2) is 7.54. The van der Waals surface area contributed by atoms with Crippen LogP contribution in [0.5, 0.6) is 0 Å². The maximum atomic E-state index is 3.57. The van der Waals surface area contributed by atoms with Crippen LogP contribution in [0.25, 0.3) is 0 Å². The molecule has 1 aliphatic rings. The smallest absolute Gasteiger partial charge is 0.0444 e. The van der Waals surface area contributed by atoms with Gasteiger partial charge in [0.1, 0.15) is 0 Å². The maximum Gasteiger partial charge on any atom is 0.0444 e. The molecule has 0 aliphatic carbocycles. The summed E-state index contributed by atoms with van der Waals surface area (Å²) in [6, 6.07) is 28.3. The molecule has 2 heteroatoms. The van der Waals surface area contributed by atoms with Gasteiger partial charge in [-0.3, -0.25) is 0 Å². The van der Waals surface area contributed by atoms with Crippen molar-refractivity contribution in [2.45, 2.75) is 19.4 Å². The highest BCUT2D eigenvalue weighted by molar-refractivity contribution is 5.70. The number of anilines is 2. The van der Waals surface area contributed by atoms with Crippen LogP contribution in [-0.4, -0.2) is 13.1 Å². The summed E-state index contributed by atoms with van der Waals surface area (Å²) in [6.45, 7) is 2.99. The molecule has 3 aromatic rings. The summed E-state index contributed by atoms with van der Waals surface area (Å²) < 4.78 is 0. The van der Waals surface area contributed by atoms with Gasteiger partial charge in [-0.1, -0.05) is 60.7 Å². The lowest BCUT2D eigenvalue weighted by Crippen LogP contribution is -2.17. The van der Waals surface area contributed by atoms with Crippen LogP contribution in [0.2, 0.25) is 0 Å². The van der Waals surface area contributed by atoms with Crippen LogP contribution in [0.15, 0.2) is 78.9 Å². The summed E-state index contributed by atoms with van der Waals surface area (Å²) in [4.78, 5) is 2.43. The van der Waals surface area contributed by atoms with Gasteiger partial charge in [0.15, 0.2) is 0 Å². The molecule has 1 heterocycles. The van der Waals surface area contributed by atoms with E-state index >= 15 is 0 Å². The molecular formula is C23H24N2. The summed E-state index contributed by atoms with van der Waals surface area (Å²) in [7, 11) is 0. The topological polar surface area (TPSA) is 15.3 Å². The number of hydrogen-bond acceptors (Lipinski definition) is 2. The molecule has 3 aromatic carbocycles. The summed E-state index contributed by atoms with van der Waals surface area (Å²) in [6.07, 6.45) is 2.20. The van der Waals surface area contributed by atoms with Crippen LogP contribution in [0.4, 0.5) is 11.4 Å². The Morgan fingerprint density at radius 2 is 1.60 bits per heavy atom. The molecule has 0 fully saturated rings. The summed E-state index contributed by atoms with van der Waals surface area (Å²) in [5.41, 5.74) is 6.84. The molecule has 0 radical (unpaired) electrons. The van der Waals surface area contributed by atoms with Crippen LogP contribution < -0.4 is 10.2 Å². The van der Waals surface area contributed by atoms with Gasteiger partial charge in [0, 0.05) is 24.5 Å². The van der Waals surface area contributed by atoms with Crippen LogP contribution >= 0.6 is 0 Å². The number of nitrogens with zero attached hydrogens (tertiary/aromatic N) is 1. The highest BCUT2D eigenvalue weighted by atomic mass is 15.2. The Hall–Kier alpha value is -2.58. The molecule has 0 saturated heterocycles. The summed E-state index contributed by atoms with van der Waals surface area (Å²) in [5, 5.41) is 3.57. The Balaban J connectivity index is 1.37. The average molecular weight is 328 g/mol. The monoisotopic (exact) mass is 328 g/mol. The third-order valence-corrected chi connectivity index (χ3v) is 4.87. The lowest BCUT2D eigenvalue weighted by Gasteiger charge is -2.20. The van der Waals surface area contributed by atoms with E-state index in [0.717, 1.165) is 32.5 Å². The first-order valence-corrected chi connectivity index (χ1v) is 9.09. The molecule has 1 N–H and O–H groups in total. The highest BCUT2D eigenvalue weighted by Crippen LogP contribution is 2.34. The minimum atomic E-state index is 0.913. The molecule has 1 aliphatic heterocycles. The fourth-order valence-corrected chi connectivity index (χ4v) is 3.55. The second-order valence-corrected chi connectivity index (χ2v) is 6.61. The number of nitrogens with one attached hydrogen (secondary N) is 1. The van der Waals surface area contributed by atoms with Gasteiger partial charge >= 0.3 is 0 Å². The molecule has 0 spiro atoms. The molecule has 0 bridgehead atoms. The molecule has 0 aromatic heterocycles. The fraction of sp³-hybridized carbons (Fsp3) is 0.217. The predicted molar refractivity (Wildman–Crippen MR) is 105 cm³/mol. The van der Waals surface area contributed by atoms with Crippen molar-refractivity contribution in [1.82, 2.24) is 5.32 Å². The largest absolute Gasteiger partial charge is 0.341 e. The van der Waals surface area contributed by atoms with Crippen molar-refractivity contribution in [2.75, 3.05) is 18.0 Å². The van der Waals surface area contributed by atoms with Gasteiger partial charge in [0.05, 0.1) is 0 Å². The Labute approximate surface area is 150 Å². The van der Waals surface area contributed by atoms with Gasteiger partial charge in [0.2, 0.25) is 0 Å². The van der Waals surface area contributed by atoms with Gasteiger partial charge in [0.25, 0.3) is 0 Å². The van der Waals surface area contributed by atoms with Gasteiger partial charge in [-0.25, -0.2) is 0 Å². The highest BCUT2D eigenvalue weighted by Gasteiger charge is 2.19. The fourth-order valence-electron chi connectivity index (χ4n) is 3.55. The van der Waals surface area contributed by atoms with Gasteiger partial charge in [-0.05, 0) is 54.3 Å². The van der Waals surface area contributed by atoms with Crippen molar-refractivity contribution in [3.8, 4) is 0 Å². The van der Waals surface area contributed by atoms with Crippen LogP contribution in [0, 0.1) is 0 Å². The van der Waals surface area contributed by atoms with Crippen LogP contribution in [0.3, 0.4) is 0 Å². The van der Waals surface area contributed by atoms with E-state index in [2.05, 4.69) is 89.1 Å². The van der Waals surface area contributed by atoms with E-state index in [0.29, 0.717) is 0 Å². The summed E-state index contributed by atoms with van der Waals surface area (Å²) in [5.74, 6) is 0. The quantitative estimate of drug-likeness (QED) is 0.659. The first-order valence-electron chi connectivity index (χ1n) is 9.09. The Morgan fingerprint density at radius 1 is 0.800 bits per heavy atom. The molecule has 2 nitrogen and oxygen atoms in total. The molecule has 0 unspecified atom stereocenters. The minimum absolute atomic E-state index is 0.913. The SMILES string of the molecule is c1ccc(CCNCc2cccc(N3CCc4ccccc43)c2)cc1. The Morgan fingerprint density at radius 3 is 2.52 bits per heavy atom. The van der Waals surface area contributed by atoms with E-state index in [1.54, 1.807) is 0 Å². The van der Waals surface area contributed by atoms with Crippen molar-refractivity contribution in [3.63, 3.8) is 0 Å². The van der Waals surface area contributed by atoms with Crippen molar-refractivity contribution < 1.29 is 0 Å². The Kier molecular flexibility index (Phi) is 4.80. The molecule has 0 amide bonds. The van der Waals surface area contributed by atoms with Gasteiger partial charge in [-0.15, -0.1) is 0 Å². The summed E-state index contributed by atoms with van der Waals surface area (Å²) >= 11 is 0. The number of fused-ring (bicyclic) bond motifs is 1. The van der Waals surface area contributed by atoms with E-state index in [9.17, 15) is 0 Å². The third kappa shape index (κ3) is 3.75. The molecule has 126 valence electrons. The van der Waals surface area contributed by atoms with E-state index in [1.807, 2.05) is 0 Å².